The van der Waals surface area contributed by atoms with Gasteiger partial charge in [0, 0.05) is 12.1 Å². The van der Waals surface area contributed by atoms with Crippen molar-refractivity contribution in [2.45, 2.75) is 119 Å². The van der Waals surface area contributed by atoms with Gasteiger partial charge in [0.1, 0.15) is 5.82 Å². The highest BCUT2D eigenvalue weighted by molar-refractivity contribution is 5.68. The number of hydrogen-bond acceptors (Lipinski definition) is 2. The second-order valence-corrected chi connectivity index (χ2v) is 16.3. The van der Waals surface area contributed by atoms with E-state index in [0.29, 0.717) is 45.7 Å². The Balaban J connectivity index is 1.34. The van der Waals surface area contributed by atoms with E-state index < -0.39 is 6.09 Å². The Hall–Kier alpha value is -1.58. The molecule has 5 aliphatic carbocycles. The van der Waals surface area contributed by atoms with Crippen LogP contribution >= 0.6 is 0 Å². The van der Waals surface area contributed by atoms with Crippen LogP contribution < -0.4 is 0 Å². The van der Waals surface area contributed by atoms with Crippen LogP contribution in [-0.2, 0) is 0 Å². The van der Waals surface area contributed by atoms with Crippen molar-refractivity contribution < 1.29 is 9.90 Å². The first-order chi connectivity index (χ1) is 18.1. The van der Waals surface area contributed by atoms with Crippen molar-refractivity contribution in [1.82, 2.24) is 9.55 Å². The van der Waals surface area contributed by atoms with E-state index in [0.717, 1.165) is 24.0 Å². The average molecular weight is 534 g/mol. The van der Waals surface area contributed by atoms with Gasteiger partial charge in [-0.25, -0.2) is 14.3 Å². The number of imidazole rings is 1. The van der Waals surface area contributed by atoms with Crippen LogP contribution in [0.4, 0.5) is 4.79 Å². The fourth-order valence-electron chi connectivity index (χ4n) is 12.7. The molecule has 5 saturated carbocycles. The monoisotopic (exact) mass is 533 g/mol. The highest BCUT2D eigenvalue weighted by atomic mass is 16.4. The summed E-state index contributed by atoms with van der Waals surface area (Å²) in [5.41, 5.74) is 3.77. The number of nitrogens with zero attached hydrogens (tertiary/aromatic N) is 2. The zero-order chi connectivity index (χ0) is 28.3. The smallest absolute Gasteiger partial charge is 0.416 e. The van der Waals surface area contributed by atoms with Gasteiger partial charge in [-0.05, 0) is 142 Å². The summed E-state index contributed by atoms with van der Waals surface area (Å²) in [6.07, 6.45) is 13.7. The molecule has 0 amide bonds. The molecule has 0 bridgehead atoms. The van der Waals surface area contributed by atoms with Gasteiger partial charge < -0.3 is 5.11 Å². The van der Waals surface area contributed by atoms with Crippen molar-refractivity contribution in [3.63, 3.8) is 0 Å². The van der Waals surface area contributed by atoms with E-state index >= 15 is 0 Å². The lowest BCUT2D eigenvalue weighted by molar-refractivity contribution is -0.235. The molecular formula is C35H53N2O2. The Morgan fingerprint density at radius 1 is 0.949 bits per heavy atom. The Labute approximate surface area is 237 Å². The molecule has 0 aliphatic heterocycles. The zero-order valence-corrected chi connectivity index (χ0v) is 25.8. The Morgan fingerprint density at radius 3 is 2.31 bits per heavy atom. The molecule has 5 aliphatic rings. The van der Waals surface area contributed by atoms with Crippen LogP contribution in [0.15, 0.2) is 18.3 Å². The lowest BCUT2D eigenvalue weighted by Gasteiger charge is -2.73. The number of carbonyl (C=O) groups is 1. The molecule has 0 saturated heterocycles. The van der Waals surface area contributed by atoms with Crippen LogP contribution in [-0.4, -0.2) is 20.8 Å². The molecule has 1 aromatic rings. The van der Waals surface area contributed by atoms with Gasteiger partial charge in [0.2, 0.25) is 0 Å². The van der Waals surface area contributed by atoms with Crippen molar-refractivity contribution in [2.24, 2.45) is 56.7 Å². The summed E-state index contributed by atoms with van der Waals surface area (Å²) in [6, 6.07) is 0. The first kappa shape index (κ1) is 27.6. The molecule has 1 radical (unpaired) electrons. The molecule has 0 spiro atoms. The molecule has 0 aromatic carbocycles. The first-order valence-corrected chi connectivity index (χ1v) is 15.9. The standard InChI is InChI=1S/C35H53N2O2/c1-21(2)23-12-15-32(6)18-19-34(8)25(29(23)32)10-11-28-33(7)16-13-24(26-20-37(30(38)39)22(3)36-26)31(4,5)27(33)14-17-35(28,34)9/h20,23-25,27-29H,1,6,10-19H2,2-5,7-9H3,(H,38,39)/t23-,24+,25+,27-,28+,29+,32+,33-,34+,35+/m0/s1. The van der Waals surface area contributed by atoms with Crippen LogP contribution in [0.1, 0.15) is 123 Å². The van der Waals surface area contributed by atoms with Gasteiger partial charge in [-0.15, -0.1) is 0 Å². The molecule has 39 heavy (non-hydrogen) atoms. The normalized spacial score (nSPS) is 48.4. The first-order valence-electron chi connectivity index (χ1n) is 15.9. The molecule has 1 heterocycles. The highest BCUT2D eigenvalue weighted by Crippen LogP contribution is 2.78. The fraction of sp³-hybridized carbons (Fsp3) is 0.800. The van der Waals surface area contributed by atoms with Gasteiger partial charge >= 0.3 is 6.09 Å². The summed E-state index contributed by atoms with van der Waals surface area (Å²) in [5.74, 6) is 4.39. The van der Waals surface area contributed by atoms with Crippen LogP contribution in [0.5, 0.6) is 0 Å². The van der Waals surface area contributed by atoms with Gasteiger partial charge in [-0.2, -0.15) is 0 Å². The van der Waals surface area contributed by atoms with Crippen LogP contribution in [0.2, 0.25) is 0 Å². The predicted molar refractivity (Wildman–Crippen MR) is 157 cm³/mol. The zero-order valence-electron chi connectivity index (χ0n) is 25.8. The van der Waals surface area contributed by atoms with Crippen LogP contribution in [0.3, 0.4) is 0 Å². The molecule has 6 rings (SSSR count). The third-order valence-corrected chi connectivity index (χ3v) is 14.7. The van der Waals surface area contributed by atoms with Gasteiger partial charge in [-0.1, -0.05) is 46.8 Å². The molecular weight excluding hydrogens is 480 g/mol. The van der Waals surface area contributed by atoms with E-state index in [-0.39, 0.29) is 10.8 Å². The number of aryl methyl sites for hydroxylation is 1. The molecule has 4 nitrogen and oxygen atoms in total. The minimum atomic E-state index is -0.932. The number of hydrogen-bond donors (Lipinski definition) is 1. The van der Waals surface area contributed by atoms with E-state index in [2.05, 4.69) is 48.1 Å². The quantitative estimate of drug-likeness (QED) is 0.385. The third kappa shape index (κ3) is 3.48. The molecule has 5 fully saturated rings. The summed E-state index contributed by atoms with van der Waals surface area (Å²) in [6.45, 7) is 26.5. The Morgan fingerprint density at radius 2 is 1.67 bits per heavy atom. The summed E-state index contributed by atoms with van der Waals surface area (Å²) < 4.78 is 1.31. The van der Waals surface area contributed by atoms with E-state index in [4.69, 9.17) is 11.9 Å². The molecule has 0 unspecified atom stereocenters. The second kappa shape index (κ2) is 8.48. The van der Waals surface area contributed by atoms with Gasteiger partial charge in [0.25, 0.3) is 0 Å². The second-order valence-electron chi connectivity index (χ2n) is 16.3. The summed E-state index contributed by atoms with van der Waals surface area (Å²) in [5, 5.41) is 9.65. The van der Waals surface area contributed by atoms with Gasteiger partial charge in [0.15, 0.2) is 0 Å². The fourth-order valence-corrected chi connectivity index (χ4v) is 12.7. The lowest BCUT2D eigenvalue weighted by atomic mass is 9.32. The molecule has 1 aromatic heterocycles. The number of aromatic nitrogens is 2. The Bertz CT molecular complexity index is 1200. The maximum atomic E-state index is 11.8. The SMILES string of the molecule is [CH2][C@]12CC[C@@H](C(=C)C)[C@@H]1[C@H]1CC[C@@H]3[C@@]4(C)CC[C@H](c5cn(C(=O)O)c(C)n5)C(C)(C)[C@@H]4CC[C@@]3(C)[C@]1(C)CC2. The topological polar surface area (TPSA) is 55.1 Å². The predicted octanol–water partition coefficient (Wildman–Crippen LogP) is 9.29. The summed E-state index contributed by atoms with van der Waals surface area (Å²) >= 11 is 0. The van der Waals surface area contributed by atoms with E-state index in [1.54, 1.807) is 6.20 Å². The number of rotatable bonds is 2. The van der Waals surface area contributed by atoms with Gasteiger partial charge in [0.05, 0.1) is 5.69 Å². The number of fused-ring (bicyclic) bond motifs is 7. The Kier molecular flexibility index (Phi) is 5.99. The minimum Gasteiger partial charge on any atom is -0.464 e. The van der Waals surface area contributed by atoms with Crippen LogP contribution in [0, 0.1) is 70.5 Å². The highest BCUT2D eigenvalue weighted by Gasteiger charge is 2.70. The molecule has 215 valence electrons. The minimum absolute atomic E-state index is 0.0851. The van der Waals surface area contributed by atoms with Crippen molar-refractivity contribution in [3.05, 3.63) is 36.8 Å². The van der Waals surface area contributed by atoms with Crippen molar-refractivity contribution in [3.8, 4) is 0 Å². The van der Waals surface area contributed by atoms with Crippen LogP contribution in [0.25, 0.3) is 0 Å². The largest absolute Gasteiger partial charge is 0.464 e. The summed E-state index contributed by atoms with van der Waals surface area (Å²) in [4.78, 5) is 16.6. The molecule has 10 atom stereocenters. The average Bonchev–Trinajstić information content (AvgIpc) is 3.39. The maximum Gasteiger partial charge on any atom is 0.416 e. The van der Waals surface area contributed by atoms with Crippen molar-refractivity contribution >= 4 is 6.09 Å². The lowest BCUT2D eigenvalue weighted by Crippen LogP contribution is -2.65. The van der Waals surface area contributed by atoms with E-state index in [1.165, 1.54) is 67.9 Å². The summed E-state index contributed by atoms with van der Waals surface area (Å²) in [7, 11) is 0. The number of allylic oxidation sites excluding steroid dienone is 1. The number of carboxylic acid groups (broad SMARTS) is 1. The maximum absolute atomic E-state index is 11.8. The van der Waals surface area contributed by atoms with Crippen molar-refractivity contribution in [1.29, 1.82) is 0 Å². The van der Waals surface area contributed by atoms with Gasteiger partial charge in [-0.3, -0.25) is 0 Å². The van der Waals surface area contributed by atoms with E-state index in [9.17, 15) is 9.90 Å². The van der Waals surface area contributed by atoms with E-state index in [1.807, 2.05) is 6.92 Å². The molecule has 4 heteroatoms. The third-order valence-electron chi connectivity index (χ3n) is 14.7. The molecule has 1 N–H and O–H groups in total. The van der Waals surface area contributed by atoms with Crippen molar-refractivity contribution in [2.75, 3.05) is 0 Å².